The average Bonchev–Trinajstić information content (AvgIpc) is 3.56. The summed E-state index contributed by atoms with van der Waals surface area (Å²) < 4.78 is 14.1. The number of hydrogen-bond acceptors (Lipinski definition) is 5. The van der Waals surface area contributed by atoms with Crippen LogP contribution >= 0.6 is 11.6 Å². The minimum atomic E-state index is -0.523. The molecule has 0 radical (unpaired) electrons. The van der Waals surface area contributed by atoms with Gasteiger partial charge in [0.1, 0.15) is 0 Å². The number of ether oxygens (including phenoxy) is 2. The molecule has 3 aliphatic heterocycles. The van der Waals surface area contributed by atoms with Gasteiger partial charge in [-0.05, 0) is 20.5 Å². The van der Waals surface area contributed by atoms with Gasteiger partial charge < -0.3 is 4.90 Å². The van der Waals surface area contributed by atoms with E-state index in [0.29, 0.717) is 48.3 Å². The van der Waals surface area contributed by atoms with E-state index in [1.54, 1.807) is 0 Å². The molecule has 4 heterocycles. The number of hydrogen-bond donors (Lipinski definition) is 1. The molecule has 1 aliphatic carbocycles. The van der Waals surface area contributed by atoms with Crippen molar-refractivity contribution in [1.29, 1.82) is 0 Å². The fraction of sp³-hybridized carbons (Fsp3) is 0.600. The van der Waals surface area contributed by atoms with E-state index in [0.717, 1.165) is 58.3 Å². The van der Waals surface area contributed by atoms with Gasteiger partial charge in [0, 0.05) is 6.04 Å². The number of aromatic amines is 1. The Kier molecular flexibility index (Phi) is 6.75. The number of carbonyl (C=O) groups excluding carboxylic acids is 1. The first-order valence-corrected chi connectivity index (χ1v) is 16.8. The molecule has 2 aromatic rings. The second kappa shape index (κ2) is 9.63. The number of aromatic nitrogens is 1. The number of halogens is 1. The third-order valence-corrected chi connectivity index (χ3v) is 11.5. The first kappa shape index (κ1) is 27.3. The molecule has 7 nitrogen and oxygen atoms in total. The molecule has 39 heavy (non-hydrogen) atoms. The van der Waals surface area contributed by atoms with Crippen LogP contribution in [-0.4, -0.2) is 80.6 Å². The van der Waals surface area contributed by atoms with Crippen LogP contribution in [0.4, 0.5) is 0 Å². The maximum atomic E-state index is 14.1. The van der Waals surface area contributed by atoms with Crippen LogP contribution in [0.5, 0.6) is 5.75 Å². The number of nitrogens with one attached hydrogen (secondary N) is 1. The molecule has 1 saturated carbocycles. The number of H-pyrrole nitrogens is 1. The number of nitrogens with zero attached hydrogens (tertiary/aromatic N) is 2. The molecule has 0 unspecified atom stereocenters. The molecule has 1 aromatic carbocycles. The summed E-state index contributed by atoms with van der Waals surface area (Å²) in [4.78, 5) is 34.1. The van der Waals surface area contributed by atoms with Crippen LogP contribution in [-0.2, 0) is 23.1 Å². The van der Waals surface area contributed by atoms with Crippen LogP contribution in [0, 0.1) is 13.8 Å². The van der Waals surface area contributed by atoms with E-state index < -0.39 is 5.60 Å². The molecule has 2 fully saturated rings. The molecular weight excluding hydrogens is 581 g/mol. The van der Waals surface area contributed by atoms with E-state index in [1.165, 1.54) is 0 Å². The topological polar surface area (TPSA) is 74.9 Å². The molecule has 1 N–H and O–H groups in total. The van der Waals surface area contributed by atoms with Gasteiger partial charge in [0.25, 0.3) is 0 Å². The third kappa shape index (κ3) is 4.38. The monoisotopic (exact) mass is 619 g/mol. The summed E-state index contributed by atoms with van der Waals surface area (Å²) in [5.41, 5.74) is 4.37. The molecule has 210 valence electrons. The second-order valence-electron chi connectivity index (χ2n) is 12.4. The summed E-state index contributed by atoms with van der Waals surface area (Å²) in [7, 11) is 4.19. The minimum absolute atomic E-state index is 0.0294. The van der Waals surface area contributed by atoms with Crippen molar-refractivity contribution in [1.82, 2.24) is 14.8 Å². The van der Waals surface area contributed by atoms with Gasteiger partial charge >= 0.3 is 204 Å². The Hall–Kier alpha value is -1.83. The summed E-state index contributed by atoms with van der Waals surface area (Å²) in [5.74, 6) is 2.80. The quantitative estimate of drug-likeness (QED) is 0.520. The molecule has 1 amide bonds. The van der Waals surface area contributed by atoms with Gasteiger partial charge in [0.2, 0.25) is 0 Å². The van der Waals surface area contributed by atoms with Gasteiger partial charge in [-0.2, -0.15) is 0 Å². The van der Waals surface area contributed by atoms with Crippen LogP contribution in [0.2, 0.25) is 10.8 Å². The van der Waals surface area contributed by atoms with Crippen molar-refractivity contribution < 1.29 is 14.3 Å². The number of amides is 1. The van der Waals surface area contributed by atoms with Gasteiger partial charge in [-0.3, -0.25) is 0 Å². The second-order valence-corrected chi connectivity index (χ2v) is 14.5. The number of benzene rings is 1. The van der Waals surface area contributed by atoms with E-state index >= 15 is 0 Å². The first-order valence-electron chi connectivity index (χ1n) is 13.9. The molecule has 1 saturated heterocycles. The van der Waals surface area contributed by atoms with E-state index in [1.807, 2.05) is 24.8 Å². The predicted molar refractivity (Wildman–Crippen MR) is 154 cm³/mol. The van der Waals surface area contributed by atoms with Crippen molar-refractivity contribution in [3.8, 4) is 5.75 Å². The Morgan fingerprint density at radius 2 is 1.97 bits per heavy atom. The maximum absolute atomic E-state index is 14.1. The predicted octanol–water partition coefficient (Wildman–Crippen LogP) is 3.51. The zero-order valence-electron chi connectivity index (χ0n) is 23.7. The number of aryl methyl sites for hydroxylation is 1. The van der Waals surface area contributed by atoms with Gasteiger partial charge in [-0.1, -0.05) is 0 Å². The van der Waals surface area contributed by atoms with Crippen LogP contribution in [0.1, 0.15) is 70.9 Å². The van der Waals surface area contributed by atoms with Crippen molar-refractivity contribution >= 4 is 36.9 Å². The van der Waals surface area contributed by atoms with E-state index in [4.69, 9.17) is 21.1 Å². The Bertz CT molecular complexity index is 1410. The first-order chi connectivity index (χ1) is 18.5. The van der Waals surface area contributed by atoms with Crippen molar-refractivity contribution in [3.05, 3.63) is 55.0 Å². The van der Waals surface area contributed by atoms with Gasteiger partial charge in [0.15, 0.2) is 0 Å². The van der Waals surface area contributed by atoms with Crippen molar-refractivity contribution in [3.63, 3.8) is 0 Å². The van der Waals surface area contributed by atoms with Crippen molar-refractivity contribution in [2.75, 3.05) is 27.2 Å². The summed E-state index contributed by atoms with van der Waals surface area (Å²) in [6.07, 6.45) is 4.62. The number of likely N-dealkylation sites (N-methyl/N-ethyl adjacent to an activating group) is 1. The number of pyridine rings is 1. The number of rotatable bonds is 5. The van der Waals surface area contributed by atoms with Crippen molar-refractivity contribution in [2.24, 2.45) is 0 Å². The third-order valence-electron chi connectivity index (χ3n) is 9.43. The molecule has 6 rings (SSSR count). The summed E-state index contributed by atoms with van der Waals surface area (Å²) in [6, 6.07) is 2.46. The fourth-order valence-electron chi connectivity index (χ4n) is 6.95. The zero-order chi connectivity index (χ0) is 27.9. The van der Waals surface area contributed by atoms with Gasteiger partial charge in [-0.25, -0.2) is 0 Å². The van der Waals surface area contributed by atoms with E-state index in [-0.39, 0.29) is 37.9 Å². The van der Waals surface area contributed by atoms with E-state index in [2.05, 4.69) is 36.7 Å². The Morgan fingerprint density at radius 3 is 2.59 bits per heavy atom. The Morgan fingerprint density at radius 1 is 1.23 bits per heavy atom. The summed E-state index contributed by atoms with van der Waals surface area (Å²) in [6.45, 7) is 7.63. The molecular formula is C30H38ClN3O4Se. The fourth-order valence-corrected chi connectivity index (χ4v) is 8.86. The van der Waals surface area contributed by atoms with Gasteiger partial charge in [-0.15, -0.1) is 0 Å². The van der Waals surface area contributed by atoms with Crippen LogP contribution < -0.4 is 14.8 Å². The molecule has 4 aliphatic rings. The molecule has 0 bridgehead atoms. The average molecular weight is 619 g/mol. The van der Waals surface area contributed by atoms with Crippen LogP contribution in [0.15, 0.2) is 10.9 Å². The van der Waals surface area contributed by atoms with Crippen LogP contribution in [0.3, 0.4) is 0 Å². The van der Waals surface area contributed by atoms with Crippen molar-refractivity contribution in [2.45, 2.75) is 88.4 Å². The Labute approximate surface area is 241 Å². The molecule has 9 heteroatoms. The Balaban J connectivity index is 1.35. The van der Waals surface area contributed by atoms with Gasteiger partial charge in [0.05, 0.1) is 6.61 Å². The van der Waals surface area contributed by atoms with Crippen LogP contribution in [0.25, 0.3) is 0 Å². The number of carbonyl (C=O) groups is 1. The molecule has 1 spiro atoms. The normalized spacial score (nSPS) is 27.1. The summed E-state index contributed by atoms with van der Waals surface area (Å²) in [5, 5.41) is 0.701. The summed E-state index contributed by atoms with van der Waals surface area (Å²) >= 11 is 7.36. The zero-order valence-corrected chi connectivity index (χ0v) is 26.2. The molecule has 3 atom stereocenters. The molecule has 1 aromatic heterocycles. The standard InChI is InChI=1S/C30H38ClN3O4Se/c1-16-11-21(39-6)20(27(35)32-16)13-34-15-30(9-10-30)24-23(28(34)36)17(2)26-19(25(24)31)12-29(3,38-26)22-8-7-18(14-37-22)33(4)5/h11,18,22H,7-10,12-15H2,1-6H3,(H,32,35)/t18-,22+,29+/m1/s1. The van der Waals surface area contributed by atoms with E-state index in [9.17, 15) is 9.59 Å². The SMILES string of the molecule is C[Se]c1cc(C)[nH]c(=O)c1CN1CC2(CC2)c2c(Cl)c3c(c(C)c2C1=O)O[C@](C)([C@@H]1CC[C@@H](N(C)C)CO1)C3. The number of fused-ring (bicyclic) bond motifs is 3.